The van der Waals surface area contributed by atoms with Crippen molar-refractivity contribution in [2.24, 2.45) is 0 Å². The predicted octanol–water partition coefficient (Wildman–Crippen LogP) is 2.38. The van der Waals surface area contributed by atoms with E-state index in [2.05, 4.69) is 10.2 Å². The van der Waals surface area contributed by atoms with Crippen molar-refractivity contribution in [2.75, 3.05) is 12.4 Å². The first kappa shape index (κ1) is 13.3. The summed E-state index contributed by atoms with van der Waals surface area (Å²) in [5.74, 6) is 1.34. The van der Waals surface area contributed by atoms with E-state index in [-0.39, 0.29) is 6.61 Å². The average molecular weight is 282 g/mol. The molecule has 0 amide bonds. The summed E-state index contributed by atoms with van der Waals surface area (Å²) >= 11 is 2.96. The molecule has 1 aromatic heterocycles. The van der Waals surface area contributed by atoms with Crippen molar-refractivity contribution in [3.8, 4) is 5.75 Å². The Kier molecular flexibility index (Phi) is 4.98. The van der Waals surface area contributed by atoms with Crippen LogP contribution in [0.4, 0.5) is 0 Å². The molecule has 96 valence electrons. The van der Waals surface area contributed by atoms with Gasteiger partial charge in [-0.25, -0.2) is 0 Å². The van der Waals surface area contributed by atoms with Gasteiger partial charge in [0.15, 0.2) is 4.34 Å². The third-order valence-electron chi connectivity index (χ3n) is 2.17. The molecule has 4 nitrogen and oxygen atoms in total. The number of aliphatic hydroxyl groups excluding tert-OH is 1. The lowest BCUT2D eigenvalue weighted by atomic mass is 10.2. The summed E-state index contributed by atoms with van der Waals surface area (Å²) < 4.78 is 6.39. The second-order valence-corrected chi connectivity index (χ2v) is 5.90. The number of aromatic nitrogens is 2. The van der Waals surface area contributed by atoms with Crippen molar-refractivity contribution in [1.29, 1.82) is 0 Å². The Morgan fingerprint density at radius 1 is 1.50 bits per heavy atom. The van der Waals surface area contributed by atoms with E-state index in [1.54, 1.807) is 5.51 Å². The molecule has 1 aromatic carbocycles. The Morgan fingerprint density at radius 2 is 2.39 bits per heavy atom. The third kappa shape index (κ3) is 4.29. The summed E-state index contributed by atoms with van der Waals surface area (Å²) in [6.07, 6.45) is -0.514. The largest absolute Gasteiger partial charge is 0.491 e. The van der Waals surface area contributed by atoms with Crippen LogP contribution in [0.25, 0.3) is 0 Å². The summed E-state index contributed by atoms with van der Waals surface area (Å²) in [5.41, 5.74) is 2.82. The number of aliphatic hydroxyl groups is 1. The number of hydrogen-bond donors (Lipinski definition) is 1. The molecule has 0 radical (unpaired) electrons. The lowest BCUT2D eigenvalue weighted by Crippen LogP contribution is -2.20. The molecule has 1 heterocycles. The first-order chi connectivity index (χ1) is 8.74. The molecule has 1 N–H and O–H groups in total. The molecule has 2 rings (SSSR count). The van der Waals surface area contributed by atoms with Crippen LogP contribution in [0.2, 0.25) is 0 Å². The molecule has 18 heavy (non-hydrogen) atoms. The van der Waals surface area contributed by atoms with Crippen molar-refractivity contribution in [1.82, 2.24) is 10.2 Å². The van der Waals surface area contributed by atoms with E-state index >= 15 is 0 Å². The highest BCUT2D eigenvalue weighted by atomic mass is 32.2. The molecule has 2 aromatic rings. The maximum Gasteiger partial charge on any atom is 0.174 e. The first-order valence-corrected chi connectivity index (χ1v) is 7.37. The standard InChI is InChI=1S/C12H14N2O2S2/c1-9-3-2-4-11(5-9)16-6-10(15)7-17-12-14-13-8-18-12/h2-5,8,10,15H,6-7H2,1H3. The maximum absolute atomic E-state index is 9.79. The number of ether oxygens (including phenoxy) is 1. The Labute approximate surface area is 114 Å². The summed E-state index contributed by atoms with van der Waals surface area (Å²) in [6, 6.07) is 7.78. The zero-order chi connectivity index (χ0) is 12.8. The Balaban J connectivity index is 1.73. The van der Waals surface area contributed by atoms with Gasteiger partial charge in [-0.3, -0.25) is 0 Å². The smallest absolute Gasteiger partial charge is 0.174 e. The van der Waals surface area contributed by atoms with Gasteiger partial charge in [-0.2, -0.15) is 0 Å². The molecule has 0 spiro atoms. The quantitative estimate of drug-likeness (QED) is 0.824. The number of aryl methyl sites for hydroxylation is 1. The third-order valence-corrected chi connectivity index (χ3v) is 4.18. The van der Waals surface area contributed by atoms with Crippen LogP contribution in [-0.2, 0) is 0 Å². The fourth-order valence-corrected chi connectivity index (χ4v) is 2.76. The minimum atomic E-state index is -0.514. The number of thioether (sulfide) groups is 1. The number of hydrogen-bond acceptors (Lipinski definition) is 6. The van der Waals surface area contributed by atoms with Gasteiger partial charge < -0.3 is 9.84 Å². The predicted molar refractivity (Wildman–Crippen MR) is 73.3 cm³/mol. The molecule has 6 heteroatoms. The van der Waals surface area contributed by atoms with Crippen molar-refractivity contribution >= 4 is 23.1 Å². The topological polar surface area (TPSA) is 55.2 Å². The zero-order valence-electron chi connectivity index (χ0n) is 9.94. The molecular formula is C12H14N2O2S2. The van der Waals surface area contributed by atoms with Crippen molar-refractivity contribution in [2.45, 2.75) is 17.4 Å². The van der Waals surface area contributed by atoms with Gasteiger partial charge >= 0.3 is 0 Å². The molecule has 0 aliphatic heterocycles. The molecule has 0 saturated heterocycles. The highest BCUT2D eigenvalue weighted by molar-refractivity contribution is 8.01. The highest BCUT2D eigenvalue weighted by Crippen LogP contribution is 2.20. The van der Waals surface area contributed by atoms with Gasteiger partial charge in [0.25, 0.3) is 0 Å². The SMILES string of the molecule is Cc1cccc(OCC(O)CSc2nncs2)c1. The Bertz CT molecular complexity index is 477. The Hall–Kier alpha value is -1.11. The van der Waals surface area contributed by atoms with E-state index in [4.69, 9.17) is 4.74 Å². The van der Waals surface area contributed by atoms with E-state index in [0.717, 1.165) is 15.7 Å². The summed E-state index contributed by atoms with van der Waals surface area (Å²) in [6.45, 7) is 2.30. The molecule has 0 bridgehead atoms. The van der Waals surface area contributed by atoms with Crippen molar-refractivity contribution in [3.05, 3.63) is 35.3 Å². The number of rotatable bonds is 6. The van der Waals surface area contributed by atoms with Gasteiger partial charge in [0.05, 0.1) is 6.10 Å². The Morgan fingerprint density at radius 3 is 3.11 bits per heavy atom. The van der Waals surface area contributed by atoms with Crippen molar-refractivity contribution < 1.29 is 9.84 Å². The van der Waals surface area contributed by atoms with Gasteiger partial charge in [0, 0.05) is 5.75 Å². The lowest BCUT2D eigenvalue weighted by Gasteiger charge is -2.11. The van der Waals surface area contributed by atoms with E-state index < -0.39 is 6.10 Å². The van der Waals surface area contributed by atoms with Crippen LogP contribution in [0.1, 0.15) is 5.56 Å². The molecular weight excluding hydrogens is 268 g/mol. The van der Waals surface area contributed by atoms with Crippen LogP contribution in [0.5, 0.6) is 5.75 Å². The van der Waals surface area contributed by atoms with Crippen LogP contribution in [-0.4, -0.2) is 33.8 Å². The molecule has 1 unspecified atom stereocenters. The summed E-state index contributed by atoms with van der Waals surface area (Å²) in [7, 11) is 0. The summed E-state index contributed by atoms with van der Waals surface area (Å²) in [5, 5.41) is 17.4. The van der Waals surface area contributed by atoms with Gasteiger partial charge in [0.2, 0.25) is 0 Å². The summed E-state index contributed by atoms with van der Waals surface area (Å²) in [4.78, 5) is 0. The van der Waals surface area contributed by atoms with E-state index in [1.807, 2.05) is 31.2 Å². The van der Waals surface area contributed by atoms with Crippen LogP contribution < -0.4 is 4.74 Å². The van der Waals surface area contributed by atoms with Gasteiger partial charge in [0.1, 0.15) is 17.9 Å². The second kappa shape index (κ2) is 6.72. The van der Waals surface area contributed by atoms with Crippen LogP contribution >= 0.6 is 23.1 Å². The van der Waals surface area contributed by atoms with E-state index in [0.29, 0.717) is 5.75 Å². The van der Waals surface area contributed by atoms with Crippen molar-refractivity contribution in [3.63, 3.8) is 0 Å². The van der Waals surface area contributed by atoms with Crippen LogP contribution in [0.3, 0.4) is 0 Å². The molecule has 1 atom stereocenters. The van der Waals surface area contributed by atoms with Crippen LogP contribution in [0.15, 0.2) is 34.1 Å². The highest BCUT2D eigenvalue weighted by Gasteiger charge is 2.08. The fourth-order valence-electron chi connectivity index (χ4n) is 1.34. The molecule has 0 aliphatic carbocycles. The average Bonchev–Trinajstić information content (AvgIpc) is 2.87. The zero-order valence-corrected chi connectivity index (χ0v) is 11.6. The fraction of sp³-hybridized carbons (Fsp3) is 0.333. The lowest BCUT2D eigenvalue weighted by molar-refractivity contribution is 0.126. The van der Waals surface area contributed by atoms with Gasteiger partial charge in [-0.1, -0.05) is 35.2 Å². The van der Waals surface area contributed by atoms with E-state index in [1.165, 1.54) is 23.1 Å². The molecule has 0 aliphatic rings. The van der Waals surface area contributed by atoms with Gasteiger partial charge in [-0.05, 0) is 24.6 Å². The molecule has 0 saturated carbocycles. The second-order valence-electron chi connectivity index (χ2n) is 3.80. The minimum absolute atomic E-state index is 0.287. The van der Waals surface area contributed by atoms with Gasteiger partial charge in [-0.15, -0.1) is 10.2 Å². The first-order valence-electron chi connectivity index (χ1n) is 5.50. The number of benzene rings is 1. The number of nitrogens with zero attached hydrogens (tertiary/aromatic N) is 2. The minimum Gasteiger partial charge on any atom is -0.491 e. The maximum atomic E-state index is 9.79. The van der Waals surface area contributed by atoms with E-state index in [9.17, 15) is 5.11 Å². The molecule has 0 fully saturated rings. The monoisotopic (exact) mass is 282 g/mol. The van der Waals surface area contributed by atoms with Crippen LogP contribution in [0, 0.1) is 6.92 Å². The normalized spacial score (nSPS) is 12.3.